The summed E-state index contributed by atoms with van der Waals surface area (Å²) in [4.78, 5) is 41.1. The summed E-state index contributed by atoms with van der Waals surface area (Å²) in [5, 5.41) is 4.74. The highest BCUT2D eigenvalue weighted by molar-refractivity contribution is 6.06. The molecule has 3 aliphatic heterocycles. The maximum absolute atomic E-state index is 13.3. The van der Waals surface area contributed by atoms with Gasteiger partial charge in [-0.05, 0) is 29.6 Å². The van der Waals surface area contributed by atoms with Crippen molar-refractivity contribution in [2.24, 2.45) is 0 Å². The van der Waals surface area contributed by atoms with Crippen LogP contribution < -0.4 is 10.6 Å². The van der Waals surface area contributed by atoms with Crippen LogP contribution in [0, 0.1) is 0 Å². The van der Waals surface area contributed by atoms with Crippen molar-refractivity contribution in [3.8, 4) is 0 Å². The number of benzene rings is 2. The second-order valence-corrected chi connectivity index (χ2v) is 8.05. The number of nitrogens with one attached hydrogen (secondary N) is 2. The molecule has 3 aliphatic rings. The van der Waals surface area contributed by atoms with E-state index in [4.69, 9.17) is 13.0 Å². The van der Waals surface area contributed by atoms with Crippen LogP contribution in [0.2, 0.25) is 0 Å². The number of ether oxygens (including phenoxy) is 1. The lowest BCUT2D eigenvalue weighted by Crippen LogP contribution is -2.52. The van der Waals surface area contributed by atoms with E-state index in [0.29, 0.717) is 30.9 Å². The molecule has 2 aromatic carbocycles. The zero-order valence-corrected chi connectivity index (χ0v) is 17.9. The van der Waals surface area contributed by atoms with Crippen LogP contribution in [0.3, 0.4) is 0 Å². The molecular weight excluding hydrogens is 420 g/mol. The highest BCUT2D eigenvalue weighted by atomic mass is 16.5. The van der Waals surface area contributed by atoms with Gasteiger partial charge in [0.1, 0.15) is 6.04 Å². The smallest absolute Gasteiger partial charge is 0.255 e. The predicted octanol–water partition coefficient (Wildman–Crippen LogP) is 1.89. The van der Waals surface area contributed by atoms with Gasteiger partial charge >= 0.3 is 0 Å². The van der Waals surface area contributed by atoms with E-state index in [1.54, 1.807) is 24.3 Å². The van der Waals surface area contributed by atoms with E-state index in [9.17, 15) is 14.4 Å². The van der Waals surface area contributed by atoms with E-state index in [1.807, 2.05) is 17.4 Å². The number of amides is 3. The zero-order chi connectivity index (χ0) is 28.2. The molecule has 0 radical (unpaired) electrons. The molecule has 2 fully saturated rings. The average molecular weight is 455 g/mol. The van der Waals surface area contributed by atoms with Crippen LogP contribution in [0.5, 0.6) is 0 Å². The quantitative estimate of drug-likeness (QED) is 0.648. The van der Waals surface area contributed by atoms with Gasteiger partial charge in [-0.25, -0.2) is 0 Å². The van der Waals surface area contributed by atoms with Crippen molar-refractivity contribution in [3.05, 3.63) is 64.7 Å². The van der Waals surface area contributed by atoms with Crippen LogP contribution in [0.1, 0.15) is 48.0 Å². The summed E-state index contributed by atoms with van der Waals surface area (Å²) in [6, 6.07) is 9.89. The van der Waals surface area contributed by atoms with Crippen LogP contribution in [0.15, 0.2) is 42.5 Å². The summed E-state index contributed by atoms with van der Waals surface area (Å²) >= 11 is 0. The summed E-state index contributed by atoms with van der Waals surface area (Å²) in [6.45, 7) is 0.898. The molecule has 0 aliphatic carbocycles. The molecule has 0 saturated carbocycles. The molecule has 2 aromatic rings. The molecule has 0 bridgehead atoms. The van der Waals surface area contributed by atoms with Crippen molar-refractivity contribution in [2.75, 3.05) is 31.6 Å². The maximum atomic E-state index is 13.3. The summed E-state index contributed by atoms with van der Waals surface area (Å²) in [5.41, 5.74) is 1.98. The molecule has 5 rings (SSSR count). The zero-order valence-electron chi connectivity index (χ0n) is 23.9. The first-order valence-corrected chi connectivity index (χ1v) is 10.8. The molecule has 3 heterocycles. The van der Waals surface area contributed by atoms with Crippen LogP contribution in [0.4, 0.5) is 5.69 Å². The third-order valence-electron chi connectivity index (χ3n) is 5.96. The highest BCUT2D eigenvalue weighted by Crippen LogP contribution is 2.32. The molecule has 0 aromatic heterocycles. The Balaban J connectivity index is 1.43. The van der Waals surface area contributed by atoms with Crippen molar-refractivity contribution < 1.29 is 27.3 Å². The molecule has 3 amide bonds. The molecule has 8 nitrogen and oxygen atoms in total. The Morgan fingerprint density at radius 2 is 1.88 bits per heavy atom. The van der Waals surface area contributed by atoms with E-state index in [2.05, 4.69) is 10.2 Å². The lowest BCUT2D eigenvalue weighted by molar-refractivity contribution is -0.136. The minimum Gasteiger partial charge on any atom is -0.381 e. The van der Waals surface area contributed by atoms with Crippen molar-refractivity contribution in [3.63, 3.8) is 0 Å². The standard InChI is InChI=1S/C25H28N4O4/c30-23-9-8-22(24(31)27-23)29-16-20-19(25(29)32)6-3-7-21(20)26-14-17-4-1-2-5-18(17)15-28-10-12-33-13-11-28/h1-7,22,26H,8-16H2,(H,27,30,31)/i8D2,9D2,14D2. The number of carbonyl (C=O) groups is 3. The van der Waals surface area contributed by atoms with Gasteiger partial charge < -0.3 is 15.0 Å². The van der Waals surface area contributed by atoms with Crippen molar-refractivity contribution >= 4 is 23.4 Å². The van der Waals surface area contributed by atoms with Crippen LogP contribution >= 0.6 is 0 Å². The number of anilines is 1. The van der Waals surface area contributed by atoms with Gasteiger partial charge in [0.2, 0.25) is 11.8 Å². The van der Waals surface area contributed by atoms with Gasteiger partial charge in [0.05, 0.1) is 16.0 Å². The van der Waals surface area contributed by atoms with Crippen molar-refractivity contribution in [1.29, 1.82) is 0 Å². The number of hydrogen-bond donors (Lipinski definition) is 2. The van der Waals surface area contributed by atoms with Gasteiger partial charge in [0.15, 0.2) is 0 Å². The van der Waals surface area contributed by atoms with Crippen LogP contribution in [-0.4, -0.2) is 59.9 Å². The Hall–Kier alpha value is -3.23. The molecule has 2 saturated heterocycles. The Morgan fingerprint density at radius 3 is 2.70 bits per heavy atom. The van der Waals surface area contributed by atoms with Gasteiger partial charge in [-0.1, -0.05) is 30.3 Å². The number of imide groups is 1. The molecule has 33 heavy (non-hydrogen) atoms. The highest BCUT2D eigenvalue weighted by Gasteiger charge is 2.39. The Morgan fingerprint density at radius 1 is 1.09 bits per heavy atom. The van der Waals surface area contributed by atoms with Gasteiger partial charge in [-0.2, -0.15) is 0 Å². The normalized spacial score (nSPS) is 27.3. The Bertz CT molecular complexity index is 1330. The van der Waals surface area contributed by atoms with Gasteiger partial charge in [-0.15, -0.1) is 0 Å². The van der Waals surface area contributed by atoms with E-state index in [-0.39, 0.29) is 17.8 Å². The van der Waals surface area contributed by atoms with Crippen molar-refractivity contribution in [2.45, 2.75) is 38.4 Å². The Kier molecular flexibility index (Phi) is 4.40. The van der Waals surface area contributed by atoms with Gasteiger partial charge in [-0.3, -0.25) is 24.6 Å². The number of nitrogens with zero attached hydrogens (tertiary/aromatic N) is 2. The minimum absolute atomic E-state index is 0.137. The molecule has 172 valence electrons. The SMILES string of the molecule is [2H]C([2H])(Nc1cccc2c1CN(C1C(=O)NC(=O)C([2H])([2H])C1([2H])[2H])C2=O)c1ccccc1CN1CCOCC1. The van der Waals surface area contributed by atoms with E-state index in [1.165, 1.54) is 6.07 Å². The van der Waals surface area contributed by atoms with E-state index >= 15 is 0 Å². The third kappa shape index (κ3) is 4.49. The topological polar surface area (TPSA) is 91.0 Å². The monoisotopic (exact) mass is 454 g/mol. The fraction of sp³-hybridized carbons (Fsp3) is 0.400. The first kappa shape index (κ1) is 15.6. The lowest BCUT2D eigenvalue weighted by atomic mass is 10.0. The number of fused-ring (bicyclic) bond motifs is 1. The molecular formula is C25H28N4O4. The van der Waals surface area contributed by atoms with E-state index in [0.717, 1.165) is 23.6 Å². The number of carbonyl (C=O) groups excluding carboxylic acids is 3. The predicted molar refractivity (Wildman–Crippen MR) is 122 cm³/mol. The van der Waals surface area contributed by atoms with E-state index < -0.39 is 43.0 Å². The van der Waals surface area contributed by atoms with Crippen molar-refractivity contribution in [1.82, 2.24) is 15.1 Å². The third-order valence-corrected chi connectivity index (χ3v) is 5.96. The van der Waals surface area contributed by atoms with Gasteiger partial charge in [0, 0.05) is 61.3 Å². The minimum atomic E-state index is -3.05. The number of rotatable bonds is 6. The number of hydrogen-bond acceptors (Lipinski definition) is 6. The lowest BCUT2D eigenvalue weighted by Gasteiger charge is -2.29. The van der Waals surface area contributed by atoms with Gasteiger partial charge in [0.25, 0.3) is 5.91 Å². The number of morpholine rings is 1. The van der Waals surface area contributed by atoms with Crippen LogP contribution in [0.25, 0.3) is 0 Å². The molecule has 0 spiro atoms. The van der Waals surface area contributed by atoms with Crippen LogP contribution in [-0.2, 0) is 33.9 Å². The first-order chi connectivity index (χ1) is 18.3. The maximum Gasteiger partial charge on any atom is 0.255 e. The molecule has 1 atom stereocenters. The second kappa shape index (κ2) is 9.33. The summed E-state index contributed by atoms with van der Waals surface area (Å²) < 4.78 is 55.6. The largest absolute Gasteiger partial charge is 0.381 e. The summed E-state index contributed by atoms with van der Waals surface area (Å²) in [5.74, 6) is -3.22. The molecule has 8 heteroatoms. The fourth-order valence-corrected chi connectivity index (χ4v) is 4.23. The second-order valence-electron chi connectivity index (χ2n) is 8.05. The first-order valence-electron chi connectivity index (χ1n) is 13.8. The fourth-order valence-electron chi connectivity index (χ4n) is 4.23. The average Bonchev–Trinajstić information content (AvgIpc) is 3.20. The summed E-state index contributed by atoms with van der Waals surface area (Å²) in [7, 11) is 0. The summed E-state index contributed by atoms with van der Waals surface area (Å²) in [6.07, 6.45) is -6.05. The Labute approximate surface area is 201 Å². The number of piperidine rings is 1. The molecule has 1 unspecified atom stereocenters. The molecule has 2 N–H and O–H groups in total.